The van der Waals surface area contributed by atoms with Crippen LogP contribution in [0.2, 0.25) is 0 Å². The van der Waals surface area contributed by atoms with Gasteiger partial charge in [0.05, 0.1) is 30.6 Å². The fourth-order valence-electron chi connectivity index (χ4n) is 2.68. The van der Waals surface area contributed by atoms with Crippen LogP contribution >= 0.6 is 0 Å². The van der Waals surface area contributed by atoms with E-state index in [1.165, 1.54) is 0 Å². The summed E-state index contributed by atoms with van der Waals surface area (Å²) in [7, 11) is 3.40. The number of rotatable bonds is 5. The summed E-state index contributed by atoms with van der Waals surface area (Å²) in [6.45, 7) is 1.98. The van der Waals surface area contributed by atoms with Crippen molar-refractivity contribution >= 4 is 5.91 Å². The Morgan fingerprint density at radius 1 is 1.24 bits per heavy atom. The van der Waals surface area contributed by atoms with Gasteiger partial charge < -0.3 is 9.64 Å². The van der Waals surface area contributed by atoms with E-state index in [1.807, 2.05) is 43.3 Å². The molecule has 3 rings (SSSR count). The largest absolute Gasteiger partial charge is 0.497 e. The number of benzene rings is 1. The molecule has 0 radical (unpaired) electrons. The Morgan fingerprint density at radius 3 is 2.72 bits per heavy atom. The van der Waals surface area contributed by atoms with Gasteiger partial charge in [-0.15, -0.1) is 0 Å². The molecule has 0 aliphatic heterocycles. The average molecular weight is 336 g/mol. The third-order valence-corrected chi connectivity index (χ3v) is 4.32. The third kappa shape index (κ3) is 3.38. The van der Waals surface area contributed by atoms with Gasteiger partial charge in [0.15, 0.2) is 0 Å². The fourth-order valence-corrected chi connectivity index (χ4v) is 2.68. The first-order valence-electron chi connectivity index (χ1n) is 7.96. The number of carbonyl (C=O) groups excluding carboxylic acids is 1. The molecular weight excluding hydrogens is 316 g/mol. The van der Waals surface area contributed by atoms with Gasteiger partial charge in [-0.3, -0.25) is 14.9 Å². The minimum absolute atomic E-state index is 0.0800. The summed E-state index contributed by atoms with van der Waals surface area (Å²) in [5.74, 6) is 0.625. The Hall–Kier alpha value is -3.15. The van der Waals surface area contributed by atoms with Gasteiger partial charge in [0, 0.05) is 25.0 Å². The van der Waals surface area contributed by atoms with E-state index in [0.717, 1.165) is 16.9 Å². The maximum Gasteiger partial charge on any atom is 0.257 e. The highest BCUT2D eigenvalue weighted by Crippen LogP contribution is 2.27. The normalized spacial score (nSPS) is 11.8. The molecule has 3 aromatic rings. The number of carbonyl (C=O) groups is 1. The molecule has 1 amide bonds. The zero-order chi connectivity index (χ0) is 17.8. The van der Waals surface area contributed by atoms with Crippen molar-refractivity contribution in [3.8, 4) is 17.0 Å². The van der Waals surface area contributed by atoms with E-state index in [0.29, 0.717) is 11.3 Å². The Morgan fingerprint density at radius 2 is 2.00 bits per heavy atom. The van der Waals surface area contributed by atoms with Crippen molar-refractivity contribution in [3.63, 3.8) is 0 Å². The lowest BCUT2D eigenvalue weighted by Crippen LogP contribution is -2.29. The second-order valence-corrected chi connectivity index (χ2v) is 5.76. The monoisotopic (exact) mass is 336 g/mol. The van der Waals surface area contributed by atoms with Crippen LogP contribution in [0.5, 0.6) is 5.75 Å². The molecule has 2 aromatic heterocycles. The number of nitrogens with zero attached hydrogens (tertiary/aromatic N) is 3. The van der Waals surface area contributed by atoms with Crippen LogP contribution in [0.25, 0.3) is 11.3 Å². The Bertz CT molecular complexity index is 861. The molecule has 0 spiro atoms. The summed E-state index contributed by atoms with van der Waals surface area (Å²) >= 11 is 0. The molecule has 0 aliphatic carbocycles. The van der Waals surface area contributed by atoms with Gasteiger partial charge >= 0.3 is 0 Å². The molecule has 1 atom stereocenters. The van der Waals surface area contributed by atoms with E-state index < -0.39 is 0 Å². The molecule has 1 aromatic carbocycles. The molecule has 0 aliphatic rings. The number of hydrogen-bond acceptors (Lipinski definition) is 4. The standard InChI is InChI=1S/C19H20N4O2/c1-13(14-7-9-20-10-8-14)23(2)19(24)17-12-21-22-18(17)15-5-4-6-16(11-15)25-3/h4-13H,1-3H3,(H,21,22)/t13-/m0/s1. The van der Waals surface area contributed by atoms with Gasteiger partial charge in [0.1, 0.15) is 5.75 Å². The van der Waals surface area contributed by atoms with Crippen molar-refractivity contribution in [1.29, 1.82) is 0 Å². The summed E-state index contributed by atoms with van der Waals surface area (Å²) in [6, 6.07) is 11.3. The van der Waals surface area contributed by atoms with Crippen molar-refractivity contribution < 1.29 is 9.53 Å². The van der Waals surface area contributed by atoms with Gasteiger partial charge in [-0.1, -0.05) is 12.1 Å². The molecule has 6 heteroatoms. The number of aromatic nitrogens is 3. The SMILES string of the molecule is COc1cccc(-c2[nH]ncc2C(=O)N(C)[C@@H](C)c2ccncc2)c1. The first kappa shape index (κ1) is 16.7. The van der Waals surface area contributed by atoms with Crippen LogP contribution in [-0.2, 0) is 0 Å². The highest BCUT2D eigenvalue weighted by molar-refractivity contribution is 5.99. The van der Waals surface area contributed by atoms with Crippen LogP contribution in [0, 0.1) is 0 Å². The van der Waals surface area contributed by atoms with Crippen LogP contribution in [0.1, 0.15) is 28.9 Å². The third-order valence-electron chi connectivity index (χ3n) is 4.32. The van der Waals surface area contributed by atoms with Crippen molar-refractivity contribution in [2.24, 2.45) is 0 Å². The Kier molecular flexibility index (Phi) is 4.79. The summed E-state index contributed by atoms with van der Waals surface area (Å²) < 4.78 is 5.26. The van der Waals surface area contributed by atoms with E-state index in [-0.39, 0.29) is 11.9 Å². The maximum atomic E-state index is 13.0. The first-order chi connectivity index (χ1) is 12.1. The molecular formula is C19H20N4O2. The topological polar surface area (TPSA) is 71.1 Å². The molecule has 0 fully saturated rings. The molecule has 1 N–H and O–H groups in total. The zero-order valence-electron chi connectivity index (χ0n) is 14.4. The minimum Gasteiger partial charge on any atom is -0.497 e. The molecule has 0 saturated carbocycles. The van der Waals surface area contributed by atoms with Crippen molar-refractivity contribution in [2.75, 3.05) is 14.2 Å². The lowest BCUT2D eigenvalue weighted by molar-refractivity contribution is 0.0743. The Labute approximate surface area is 146 Å². The van der Waals surface area contributed by atoms with Crippen LogP contribution in [-0.4, -0.2) is 40.1 Å². The first-order valence-corrected chi connectivity index (χ1v) is 7.96. The maximum absolute atomic E-state index is 13.0. The molecule has 0 unspecified atom stereocenters. The quantitative estimate of drug-likeness (QED) is 0.776. The molecule has 6 nitrogen and oxygen atoms in total. The number of amides is 1. The average Bonchev–Trinajstić information content (AvgIpc) is 3.16. The van der Waals surface area contributed by atoms with E-state index in [2.05, 4.69) is 15.2 Å². The smallest absolute Gasteiger partial charge is 0.257 e. The zero-order valence-corrected chi connectivity index (χ0v) is 14.4. The lowest BCUT2D eigenvalue weighted by Gasteiger charge is -2.25. The fraction of sp³-hybridized carbons (Fsp3) is 0.211. The minimum atomic E-state index is -0.101. The van der Waals surface area contributed by atoms with Crippen LogP contribution in [0.15, 0.2) is 55.0 Å². The van der Waals surface area contributed by atoms with Crippen LogP contribution < -0.4 is 4.74 Å². The van der Waals surface area contributed by atoms with Gasteiger partial charge in [0.25, 0.3) is 5.91 Å². The van der Waals surface area contributed by atoms with Gasteiger partial charge in [-0.25, -0.2) is 0 Å². The number of methoxy groups -OCH3 is 1. The second kappa shape index (κ2) is 7.17. The second-order valence-electron chi connectivity index (χ2n) is 5.76. The molecule has 25 heavy (non-hydrogen) atoms. The molecule has 0 saturated heterocycles. The lowest BCUT2D eigenvalue weighted by atomic mass is 10.0. The van der Waals surface area contributed by atoms with Crippen molar-refractivity contribution in [1.82, 2.24) is 20.1 Å². The van der Waals surface area contributed by atoms with E-state index in [9.17, 15) is 4.79 Å². The van der Waals surface area contributed by atoms with Crippen LogP contribution in [0.3, 0.4) is 0 Å². The van der Waals surface area contributed by atoms with Gasteiger partial charge in [-0.2, -0.15) is 5.10 Å². The summed E-state index contributed by atoms with van der Waals surface area (Å²) in [6.07, 6.45) is 5.01. The van der Waals surface area contributed by atoms with Crippen molar-refractivity contribution in [2.45, 2.75) is 13.0 Å². The van der Waals surface area contributed by atoms with E-state index in [1.54, 1.807) is 37.6 Å². The van der Waals surface area contributed by atoms with Crippen molar-refractivity contribution in [3.05, 3.63) is 66.1 Å². The molecule has 0 bridgehead atoms. The Balaban J connectivity index is 1.90. The molecule has 128 valence electrons. The van der Waals surface area contributed by atoms with E-state index in [4.69, 9.17) is 4.74 Å². The number of nitrogens with one attached hydrogen (secondary N) is 1. The highest BCUT2D eigenvalue weighted by atomic mass is 16.5. The van der Waals surface area contributed by atoms with Crippen LogP contribution in [0.4, 0.5) is 0 Å². The summed E-state index contributed by atoms with van der Waals surface area (Å²) in [5, 5.41) is 6.99. The molecule has 2 heterocycles. The van der Waals surface area contributed by atoms with E-state index >= 15 is 0 Å². The van der Waals surface area contributed by atoms with Gasteiger partial charge in [-0.05, 0) is 36.8 Å². The summed E-state index contributed by atoms with van der Waals surface area (Å²) in [5.41, 5.74) is 3.08. The number of ether oxygens (including phenoxy) is 1. The van der Waals surface area contributed by atoms with Gasteiger partial charge in [0.2, 0.25) is 0 Å². The number of hydrogen-bond donors (Lipinski definition) is 1. The predicted molar refractivity (Wildman–Crippen MR) is 95.3 cm³/mol. The summed E-state index contributed by atoms with van der Waals surface area (Å²) in [4.78, 5) is 18.7. The number of pyridine rings is 1. The number of aromatic amines is 1. The predicted octanol–water partition coefficient (Wildman–Crippen LogP) is 3.31. The number of H-pyrrole nitrogens is 1. The highest BCUT2D eigenvalue weighted by Gasteiger charge is 2.23.